The summed E-state index contributed by atoms with van der Waals surface area (Å²) in [6, 6.07) is 0. The molecule has 0 amide bonds. The van der Waals surface area contributed by atoms with Crippen LogP contribution in [0.5, 0.6) is 0 Å². The number of nitrogens with zero attached hydrogens (tertiary/aromatic N) is 1. The summed E-state index contributed by atoms with van der Waals surface area (Å²) >= 11 is 5.65. The summed E-state index contributed by atoms with van der Waals surface area (Å²) in [5.74, 6) is 0.861. The van der Waals surface area contributed by atoms with Gasteiger partial charge in [0, 0.05) is 12.4 Å². The van der Waals surface area contributed by atoms with Gasteiger partial charge in [0.05, 0.1) is 12.5 Å². The first-order valence-electron chi connectivity index (χ1n) is 7.23. The van der Waals surface area contributed by atoms with Gasteiger partial charge in [0.2, 0.25) is 0 Å². The maximum atomic E-state index is 11.7. The standard InChI is InChI=1S/C14H26ClNO2/c1-2-18-14(17)13-8-7-11-16(12-13)10-6-4-3-5-9-15/h13H,2-12H2,1H3. The lowest BCUT2D eigenvalue weighted by atomic mass is 9.98. The van der Waals surface area contributed by atoms with E-state index in [-0.39, 0.29) is 11.9 Å². The molecule has 1 fully saturated rings. The molecule has 0 aromatic carbocycles. The lowest BCUT2D eigenvalue weighted by molar-refractivity contribution is -0.149. The Balaban J connectivity index is 2.16. The van der Waals surface area contributed by atoms with Crippen LogP contribution in [0.1, 0.15) is 45.4 Å². The molecule has 1 aliphatic rings. The topological polar surface area (TPSA) is 29.5 Å². The predicted molar refractivity (Wildman–Crippen MR) is 75.0 cm³/mol. The summed E-state index contributed by atoms with van der Waals surface area (Å²) in [5, 5.41) is 0. The van der Waals surface area contributed by atoms with Crippen LogP contribution < -0.4 is 0 Å². The summed E-state index contributed by atoms with van der Waals surface area (Å²) in [6.07, 6.45) is 6.90. The first-order chi connectivity index (χ1) is 8.77. The maximum absolute atomic E-state index is 11.7. The largest absolute Gasteiger partial charge is 0.466 e. The maximum Gasteiger partial charge on any atom is 0.310 e. The van der Waals surface area contributed by atoms with Crippen LogP contribution in [0.2, 0.25) is 0 Å². The summed E-state index contributed by atoms with van der Waals surface area (Å²) in [4.78, 5) is 14.1. The molecule has 0 aliphatic carbocycles. The summed E-state index contributed by atoms with van der Waals surface area (Å²) < 4.78 is 5.11. The molecule has 1 heterocycles. The van der Waals surface area contributed by atoms with E-state index in [0.29, 0.717) is 6.61 Å². The molecule has 1 unspecified atom stereocenters. The van der Waals surface area contributed by atoms with E-state index in [2.05, 4.69) is 4.90 Å². The molecule has 0 radical (unpaired) electrons. The van der Waals surface area contributed by atoms with Crippen LogP contribution in [-0.4, -0.2) is 43.0 Å². The Morgan fingerprint density at radius 2 is 2.11 bits per heavy atom. The van der Waals surface area contributed by atoms with Gasteiger partial charge in [-0.2, -0.15) is 0 Å². The van der Waals surface area contributed by atoms with Crippen molar-refractivity contribution in [1.29, 1.82) is 0 Å². The minimum atomic E-state index is -0.00987. The van der Waals surface area contributed by atoms with E-state index in [1.807, 2.05) is 6.92 Å². The molecule has 0 N–H and O–H groups in total. The third-order valence-electron chi connectivity index (χ3n) is 3.48. The number of carbonyl (C=O) groups excluding carboxylic acids is 1. The van der Waals surface area contributed by atoms with Crippen LogP contribution in [0, 0.1) is 5.92 Å². The van der Waals surface area contributed by atoms with E-state index in [0.717, 1.165) is 44.8 Å². The highest BCUT2D eigenvalue weighted by atomic mass is 35.5. The third kappa shape index (κ3) is 6.05. The van der Waals surface area contributed by atoms with E-state index in [9.17, 15) is 4.79 Å². The Labute approximate surface area is 116 Å². The van der Waals surface area contributed by atoms with Crippen molar-refractivity contribution in [3.8, 4) is 0 Å². The minimum Gasteiger partial charge on any atom is -0.466 e. The van der Waals surface area contributed by atoms with Gasteiger partial charge in [0.1, 0.15) is 0 Å². The van der Waals surface area contributed by atoms with Crippen LogP contribution in [-0.2, 0) is 9.53 Å². The smallest absolute Gasteiger partial charge is 0.310 e. The molecular weight excluding hydrogens is 250 g/mol. The van der Waals surface area contributed by atoms with Gasteiger partial charge < -0.3 is 9.64 Å². The van der Waals surface area contributed by atoms with Crippen molar-refractivity contribution in [3.63, 3.8) is 0 Å². The molecule has 0 spiro atoms. The molecule has 0 aromatic rings. The molecule has 3 nitrogen and oxygen atoms in total. The lowest BCUT2D eigenvalue weighted by Crippen LogP contribution is -2.39. The monoisotopic (exact) mass is 275 g/mol. The second kappa shape index (κ2) is 9.62. The number of halogens is 1. The fourth-order valence-electron chi connectivity index (χ4n) is 2.49. The van der Waals surface area contributed by atoms with Crippen LogP contribution in [0.3, 0.4) is 0 Å². The van der Waals surface area contributed by atoms with Gasteiger partial charge in [-0.25, -0.2) is 0 Å². The highest BCUT2D eigenvalue weighted by Gasteiger charge is 2.26. The lowest BCUT2D eigenvalue weighted by Gasteiger charge is -2.31. The van der Waals surface area contributed by atoms with Crippen LogP contribution in [0.25, 0.3) is 0 Å². The quantitative estimate of drug-likeness (QED) is 0.387. The highest BCUT2D eigenvalue weighted by molar-refractivity contribution is 6.17. The molecule has 4 heteroatoms. The number of rotatable bonds is 8. The molecule has 0 bridgehead atoms. The molecule has 1 aliphatic heterocycles. The summed E-state index contributed by atoms with van der Waals surface area (Å²) in [7, 11) is 0. The van der Waals surface area contributed by atoms with Crippen LogP contribution >= 0.6 is 11.6 Å². The zero-order valence-corrected chi connectivity index (χ0v) is 12.3. The van der Waals surface area contributed by atoms with E-state index in [1.165, 1.54) is 19.3 Å². The predicted octanol–water partition coefficient (Wildman–Crippen LogP) is 3.06. The van der Waals surface area contributed by atoms with Gasteiger partial charge in [-0.3, -0.25) is 4.79 Å². The Morgan fingerprint density at radius 3 is 2.83 bits per heavy atom. The second-order valence-corrected chi connectivity index (χ2v) is 5.37. The Morgan fingerprint density at radius 1 is 1.33 bits per heavy atom. The van der Waals surface area contributed by atoms with Gasteiger partial charge in [0.25, 0.3) is 0 Å². The minimum absolute atomic E-state index is 0.00987. The number of piperidine rings is 1. The van der Waals surface area contributed by atoms with Gasteiger partial charge >= 0.3 is 5.97 Å². The van der Waals surface area contributed by atoms with Crippen molar-refractivity contribution in [2.75, 3.05) is 32.1 Å². The molecule has 1 atom stereocenters. The summed E-state index contributed by atoms with van der Waals surface area (Å²) in [5.41, 5.74) is 0. The molecule has 106 valence electrons. The van der Waals surface area contributed by atoms with E-state index < -0.39 is 0 Å². The average molecular weight is 276 g/mol. The normalized spacial score (nSPS) is 20.9. The van der Waals surface area contributed by atoms with Crippen molar-refractivity contribution < 1.29 is 9.53 Å². The zero-order chi connectivity index (χ0) is 13.2. The highest BCUT2D eigenvalue weighted by Crippen LogP contribution is 2.18. The number of hydrogen-bond acceptors (Lipinski definition) is 3. The number of esters is 1. The van der Waals surface area contributed by atoms with Crippen molar-refractivity contribution in [2.45, 2.75) is 45.4 Å². The van der Waals surface area contributed by atoms with E-state index in [1.54, 1.807) is 0 Å². The number of unbranched alkanes of at least 4 members (excludes halogenated alkanes) is 3. The fraction of sp³-hybridized carbons (Fsp3) is 0.929. The Bertz CT molecular complexity index is 236. The third-order valence-corrected chi connectivity index (χ3v) is 3.75. The number of ether oxygens (including phenoxy) is 1. The van der Waals surface area contributed by atoms with Gasteiger partial charge in [-0.1, -0.05) is 12.8 Å². The van der Waals surface area contributed by atoms with E-state index in [4.69, 9.17) is 16.3 Å². The molecule has 0 aromatic heterocycles. The van der Waals surface area contributed by atoms with Gasteiger partial charge in [-0.15, -0.1) is 11.6 Å². The van der Waals surface area contributed by atoms with Gasteiger partial charge in [0.15, 0.2) is 0 Å². The molecule has 0 saturated carbocycles. The van der Waals surface area contributed by atoms with Crippen molar-refractivity contribution in [2.24, 2.45) is 5.92 Å². The number of likely N-dealkylation sites (tertiary alicyclic amines) is 1. The van der Waals surface area contributed by atoms with E-state index >= 15 is 0 Å². The fourth-order valence-corrected chi connectivity index (χ4v) is 2.68. The van der Waals surface area contributed by atoms with Crippen molar-refractivity contribution >= 4 is 17.6 Å². The number of alkyl halides is 1. The molecule has 1 saturated heterocycles. The van der Waals surface area contributed by atoms with Crippen LogP contribution in [0.15, 0.2) is 0 Å². The molecule has 1 rings (SSSR count). The van der Waals surface area contributed by atoms with Crippen molar-refractivity contribution in [1.82, 2.24) is 4.90 Å². The Hall–Kier alpha value is -0.280. The Kier molecular flexibility index (Phi) is 8.44. The van der Waals surface area contributed by atoms with Crippen LogP contribution in [0.4, 0.5) is 0 Å². The first-order valence-corrected chi connectivity index (χ1v) is 7.76. The SMILES string of the molecule is CCOC(=O)C1CCCN(CCCCCCCl)C1. The molecular formula is C14H26ClNO2. The first kappa shape index (κ1) is 15.8. The average Bonchev–Trinajstić information content (AvgIpc) is 2.39. The molecule has 18 heavy (non-hydrogen) atoms. The zero-order valence-electron chi connectivity index (χ0n) is 11.5. The number of hydrogen-bond donors (Lipinski definition) is 0. The van der Waals surface area contributed by atoms with Crippen molar-refractivity contribution in [3.05, 3.63) is 0 Å². The summed E-state index contributed by atoms with van der Waals surface area (Å²) in [6.45, 7) is 5.49. The number of carbonyl (C=O) groups is 1. The second-order valence-electron chi connectivity index (χ2n) is 5.00. The van der Waals surface area contributed by atoms with Gasteiger partial charge in [-0.05, 0) is 45.7 Å².